The number of nitrogens with zero attached hydrogens (tertiary/aromatic N) is 1. The van der Waals surface area contributed by atoms with E-state index in [1.54, 1.807) is 31.4 Å². The summed E-state index contributed by atoms with van der Waals surface area (Å²) in [6, 6.07) is 13.8. The molecule has 22 heavy (non-hydrogen) atoms. The van der Waals surface area contributed by atoms with Gasteiger partial charge in [-0.05, 0) is 35.4 Å². The van der Waals surface area contributed by atoms with Gasteiger partial charge >= 0.3 is 0 Å². The monoisotopic (exact) mass is 298 g/mol. The van der Waals surface area contributed by atoms with Gasteiger partial charge in [0.25, 0.3) is 0 Å². The molecule has 4 nitrogen and oxygen atoms in total. The van der Waals surface area contributed by atoms with Gasteiger partial charge in [-0.3, -0.25) is 4.79 Å². The lowest BCUT2D eigenvalue weighted by molar-refractivity contribution is -0.120. The van der Waals surface area contributed by atoms with E-state index in [0.717, 1.165) is 5.56 Å². The molecule has 0 radical (unpaired) electrons. The third-order valence-electron chi connectivity index (χ3n) is 3.16. The zero-order chi connectivity index (χ0) is 15.9. The first-order chi connectivity index (χ1) is 10.6. The number of ether oxygens (including phenoxy) is 1. The highest BCUT2D eigenvalue weighted by Gasteiger charge is 2.14. The van der Waals surface area contributed by atoms with Crippen LogP contribution in [-0.4, -0.2) is 13.0 Å². The predicted molar refractivity (Wildman–Crippen MR) is 79.6 cm³/mol. The molecule has 0 aliphatic carbocycles. The largest absolute Gasteiger partial charge is 0.497 e. The predicted octanol–water partition coefficient (Wildman–Crippen LogP) is 2.76. The molecule has 1 N–H and O–H groups in total. The van der Waals surface area contributed by atoms with Crippen LogP contribution < -0.4 is 10.1 Å². The Labute approximate surface area is 128 Å². The molecular weight excluding hydrogens is 283 g/mol. The number of methoxy groups -OCH3 is 1. The Morgan fingerprint density at radius 1 is 1.23 bits per heavy atom. The highest BCUT2D eigenvalue weighted by Crippen LogP contribution is 2.14. The Morgan fingerprint density at radius 2 is 1.86 bits per heavy atom. The second-order valence-corrected chi connectivity index (χ2v) is 4.71. The standard InChI is InChI=1S/C17H15FN2O2/c1-22-15-8-2-12(3-9-15)10-17(21)20-16(11-19)13-4-6-14(18)7-5-13/h2-9,16H,10H2,1H3,(H,20,21)/t16-/m0/s1. The Bertz CT molecular complexity index is 675. The third kappa shape index (κ3) is 4.06. The summed E-state index contributed by atoms with van der Waals surface area (Å²) in [7, 11) is 1.57. The zero-order valence-electron chi connectivity index (χ0n) is 12.0. The first kappa shape index (κ1) is 15.5. The average molecular weight is 298 g/mol. The quantitative estimate of drug-likeness (QED) is 0.923. The van der Waals surface area contributed by atoms with Crippen LogP contribution in [0.5, 0.6) is 5.75 Å². The molecule has 5 heteroatoms. The molecule has 2 aromatic rings. The van der Waals surface area contributed by atoms with Crippen molar-refractivity contribution in [2.75, 3.05) is 7.11 Å². The van der Waals surface area contributed by atoms with Crippen LogP contribution in [0.2, 0.25) is 0 Å². The van der Waals surface area contributed by atoms with Gasteiger partial charge in [0.2, 0.25) is 5.91 Å². The van der Waals surface area contributed by atoms with Crippen molar-refractivity contribution < 1.29 is 13.9 Å². The van der Waals surface area contributed by atoms with E-state index >= 15 is 0 Å². The average Bonchev–Trinajstić information content (AvgIpc) is 2.54. The highest BCUT2D eigenvalue weighted by molar-refractivity contribution is 5.79. The van der Waals surface area contributed by atoms with E-state index in [-0.39, 0.29) is 18.1 Å². The minimum Gasteiger partial charge on any atom is -0.497 e. The van der Waals surface area contributed by atoms with Gasteiger partial charge in [0, 0.05) is 0 Å². The summed E-state index contributed by atoms with van der Waals surface area (Å²) in [6.07, 6.45) is 0.156. The first-order valence-corrected chi connectivity index (χ1v) is 6.69. The van der Waals surface area contributed by atoms with E-state index in [2.05, 4.69) is 5.32 Å². The van der Waals surface area contributed by atoms with Gasteiger partial charge in [-0.15, -0.1) is 0 Å². The minimum absolute atomic E-state index is 0.156. The molecule has 0 unspecified atom stereocenters. The van der Waals surface area contributed by atoms with Gasteiger partial charge in [-0.1, -0.05) is 24.3 Å². The van der Waals surface area contributed by atoms with Gasteiger partial charge in [0.05, 0.1) is 19.6 Å². The molecule has 0 aliphatic heterocycles. The smallest absolute Gasteiger partial charge is 0.225 e. The summed E-state index contributed by atoms with van der Waals surface area (Å²) in [4.78, 5) is 12.0. The molecule has 0 bridgehead atoms. The Kier molecular flexibility index (Phi) is 5.10. The van der Waals surface area contributed by atoms with E-state index in [4.69, 9.17) is 10.00 Å². The van der Waals surface area contributed by atoms with Crippen LogP contribution in [-0.2, 0) is 11.2 Å². The summed E-state index contributed by atoms with van der Waals surface area (Å²) in [5, 5.41) is 11.8. The number of carbonyl (C=O) groups excluding carboxylic acids is 1. The maximum absolute atomic E-state index is 12.9. The molecule has 2 rings (SSSR count). The summed E-state index contributed by atoms with van der Waals surface area (Å²) >= 11 is 0. The Morgan fingerprint density at radius 3 is 2.41 bits per heavy atom. The number of nitrogens with one attached hydrogen (secondary N) is 1. The molecule has 2 aromatic carbocycles. The molecule has 0 heterocycles. The van der Waals surface area contributed by atoms with Crippen LogP contribution in [0.4, 0.5) is 4.39 Å². The molecule has 0 fully saturated rings. The number of nitriles is 1. The van der Waals surface area contributed by atoms with Crippen molar-refractivity contribution >= 4 is 5.91 Å². The van der Waals surface area contributed by atoms with Crippen molar-refractivity contribution in [1.29, 1.82) is 5.26 Å². The van der Waals surface area contributed by atoms with Crippen molar-refractivity contribution in [2.45, 2.75) is 12.5 Å². The van der Waals surface area contributed by atoms with E-state index in [1.165, 1.54) is 24.3 Å². The highest BCUT2D eigenvalue weighted by atomic mass is 19.1. The SMILES string of the molecule is COc1ccc(CC(=O)N[C@@H](C#N)c2ccc(F)cc2)cc1. The Balaban J connectivity index is 2.00. The Hall–Kier alpha value is -2.87. The fourth-order valence-electron chi connectivity index (χ4n) is 1.99. The van der Waals surface area contributed by atoms with Crippen LogP contribution in [0.3, 0.4) is 0 Å². The van der Waals surface area contributed by atoms with Gasteiger partial charge in [-0.25, -0.2) is 4.39 Å². The number of benzene rings is 2. The van der Waals surface area contributed by atoms with E-state index < -0.39 is 6.04 Å². The lowest BCUT2D eigenvalue weighted by Crippen LogP contribution is -2.29. The fraction of sp³-hybridized carbons (Fsp3) is 0.176. The van der Waals surface area contributed by atoms with Crippen molar-refractivity contribution in [3.63, 3.8) is 0 Å². The number of hydrogen-bond acceptors (Lipinski definition) is 3. The normalized spacial score (nSPS) is 11.3. The molecule has 112 valence electrons. The lowest BCUT2D eigenvalue weighted by Gasteiger charge is -2.12. The number of carbonyl (C=O) groups is 1. The molecule has 0 saturated heterocycles. The maximum atomic E-state index is 12.9. The molecule has 1 atom stereocenters. The zero-order valence-corrected chi connectivity index (χ0v) is 12.0. The fourth-order valence-corrected chi connectivity index (χ4v) is 1.99. The summed E-state index contributed by atoms with van der Waals surface area (Å²) in [5.41, 5.74) is 1.36. The van der Waals surface area contributed by atoms with Gasteiger partial charge < -0.3 is 10.1 Å². The number of halogens is 1. The number of rotatable bonds is 5. The molecular formula is C17H15FN2O2. The van der Waals surface area contributed by atoms with Crippen LogP contribution >= 0.6 is 0 Å². The minimum atomic E-state index is -0.800. The third-order valence-corrected chi connectivity index (χ3v) is 3.16. The number of hydrogen-bond donors (Lipinski definition) is 1. The van der Waals surface area contributed by atoms with Crippen molar-refractivity contribution in [3.8, 4) is 11.8 Å². The maximum Gasteiger partial charge on any atom is 0.225 e. The molecule has 0 aliphatic rings. The van der Waals surface area contributed by atoms with Crippen LogP contribution in [0.25, 0.3) is 0 Å². The van der Waals surface area contributed by atoms with Crippen molar-refractivity contribution in [2.24, 2.45) is 0 Å². The van der Waals surface area contributed by atoms with E-state index in [9.17, 15) is 9.18 Å². The van der Waals surface area contributed by atoms with Gasteiger partial charge in [-0.2, -0.15) is 5.26 Å². The topological polar surface area (TPSA) is 62.1 Å². The number of amides is 1. The van der Waals surface area contributed by atoms with Crippen molar-refractivity contribution in [1.82, 2.24) is 5.32 Å². The molecule has 0 saturated carbocycles. The van der Waals surface area contributed by atoms with E-state index in [1.807, 2.05) is 6.07 Å². The lowest BCUT2D eigenvalue weighted by atomic mass is 10.1. The van der Waals surface area contributed by atoms with Crippen molar-refractivity contribution in [3.05, 3.63) is 65.5 Å². The summed E-state index contributed by atoms with van der Waals surface area (Å²) in [6.45, 7) is 0. The summed E-state index contributed by atoms with van der Waals surface area (Å²) < 4.78 is 17.9. The van der Waals surface area contributed by atoms with Crippen LogP contribution in [0, 0.1) is 17.1 Å². The summed E-state index contributed by atoms with van der Waals surface area (Å²) in [5.74, 6) is 0.0522. The molecule has 0 aromatic heterocycles. The molecule has 0 spiro atoms. The second-order valence-electron chi connectivity index (χ2n) is 4.71. The van der Waals surface area contributed by atoms with Crippen LogP contribution in [0.1, 0.15) is 17.2 Å². The van der Waals surface area contributed by atoms with Gasteiger partial charge in [0.15, 0.2) is 0 Å². The first-order valence-electron chi connectivity index (χ1n) is 6.69. The van der Waals surface area contributed by atoms with Crippen LogP contribution in [0.15, 0.2) is 48.5 Å². The molecule has 1 amide bonds. The second kappa shape index (κ2) is 7.23. The van der Waals surface area contributed by atoms with Gasteiger partial charge in [0.1, 0.15) is 17.6 Å². The van der Waals surface area contributed by atoms with E-state index in [0.29, 0.717) is 11.3 Å².